The fourth-order valence-corrected chi connectivity index (χ4v) is 2.63. The zero-order valence-electron chi connectivity index (χ0n) is 14.0. The predicted octanol–water partition coefficient (Wildman–Crippen LogP) is 3.31. The van der Waals surface area contributed by atoms with Gasteiger partial charge in [-0.15, -0.1) is 0 Å². The summed E-state index contributed by atoms with van der Waals surface area (Å²) in [7, 11) is 0. The number of nitrogens with two attached hydrogens (primary N) is 1. The molecule has 0 aliphatic rings. The molecule has 0 aliphatic carbocycles. The summed E-state index contributed by atoms with van der Waals surface area (Å²) in [6.07, 6.45) is 2.72. The first kappa shape index (κ1) is 16.1. The van der Waals surface area contributed by atoms with E-state index in [0.29, 0.717) is 11.6 Å². The lowest BCUT2D eigenvalue weighted by molar-refractivity contribution is 0.777. The summed E-state index contributed by atoms with van der Waals surface area (Å²) < 4.78 is 0. The molecule has 0 aliphatic heterocycles. The summed E-state index contributed by atoms with van der Waals surface area (Å²) in [4.78, 5) is 18.0. The Morgan fingerprint density at radius 2 is 1.58 bits per heavy atom. The van der Waals surface area contributed by atoms with Crippen molar-refractivity contribution in [1.82, 2.24) is 19.9 Å². The molecule has 3 aromatic heterocycles. The molecule has 3 rings (SSSR count). The van der Waals surface area contributed by atoms with Gasteiger partial charge in [0.2, 0.25) is 0 Å². The van der Waals surface area contributed by atoms with Crippen LogP contribution < -0.4 is 5.73 Å². The second kappa shape index (κ2) is 7.17. The van der Waals surface area contributed by atoms with Gasteiger partial charge in [-0.1, -0.05) is 12.1 Å². The van der Waals surface area contributed by atoms with Crippen molar-refractivity contribution in [3.05, 3.63) is 65.2 Å². The number of aromatic nitrogens is 4. The van der Waals surface area contributed by atoms with Gasteiger partial charge in [0.25, 0.3) is 0 Å². The molecule has 0 unspecified atom stereocenters. The van der Waals surface area contributed by atoms with Crippen molar-refractivity contribution in [2.24, 2.45) is 0 Å². The Kier molecular flexibility index (Phi) is 4.79. The Morgan fingerprint density at radius 1 is 0.792 bits per heavy atom. The molecular formula is C19H21N5. The number of pyridine rings is 2. The molecule has 3 heterocycles. The highest BCUT2D eigenvalue weighted by Gasteiger charge is 2.07. The molecule has 3 aromatic rings. The summed E-state index contributed by atoms with van der Waals surface area (Å²) >= 11 is 0. The van der Waals surface area contributed by atoms with Crippen LogP contribution in [0.25, 0.3) is 11.5 Å². The monoisotopic (exact) mass is 319 g/mol. The van der Waals surface area contributed by atoms with Crippen LogP contribution in [0.4, 0.5) is 5.82 Å². The van der Waals surface area contributed by atoms with Crippen LogP contribution in [0.15, 0.2) is 42.5 Å². The second-order valence-electron chi connectivity index (χ2n) is 5.90. The highest BCUT2D eigenvalue weighted by Crippen LogP contribution is 2.15. The zero-order valence-corrected chi connectivity index (χ0v) is 14.0. The molecule has 5 nitrogen and oxygen atoms in total. The third-order valence-electron chi connectivity index (χ3n) is 3.72. The summed E-state index contributed by atoms with van der Waals surface area (Å²) in [6, 6.07) is 13.7. The third kappa shape index (κ3) is 4.13. The summed E-state index contributed by atoms with van der Waals surface area (Å²) in [5.41, 5.74) is 10.5. The van der Waals surface area contributed by atoms with E-state index in [1.807, 2.05) is 50.2 Å². The second-order valence-corrected chi connectivity index (χ2v) is 5.90. The highest BCUT2D eigenvalue weighted by molar-refractivity contribution is 5.49. The molecule has 0 saturated heterocycles. The first-order valence-electron chi connectivity index (χ1n) is 8.10. The first-order chi connectivity index (χ1) is 11.6. The van der Waals surface area contributed by atoms with Gasteiger partial charge in [0, 0.05) is 22.8 Å². The molecule has 0 atom stereocenters. The van der Waals surface area contributed by atoms with E-state index in [2.05, 4.69) is 19.9 Å². The lowest BCUT2D eigenvalue weighted by atomic mass is 10.1. The van der Waals surface area contributed by atoms with E-state index in [9.17, 15) is 0 Å². The molecule has 5 heteroatoms. The van der Waals surface area contributed by atoms with Gasteiger partial charge >= 0.3 is 0 Å². The minimum Gasteiger partial charge on any atom is -0.384 e. The maximum Gasteiger partial charge on any atom is 0.178 e. The van der Waals surface area contributed by atoms with Crippen molar-refractivity contribution in [1.29, 1.82) is 0 Å². The average Bonchev–Trinajstić information content (AvgIpc) is 2.54. The number of hydrogen-bond acceptors (Lipinski definition) is 5. The molecule has 0 bridgehead atoms. The highest BCUT2D eigenvalue weighted by atomic mass is 14.9. The number of hydrogen-bond donors (Lipinski definition) is 1. The van der Waals surface area contributed by atoms with Gasteiger partial charge in [0.1, 0.15) is 11.5 Å². The van der Waals surface area contributed by atoms with Crippen LogP contribution in [-0.2, 0) is 12.8 Å². The zero-order chi connectivity index (χ0) is 16.9. The third-order valence-corrected chi connectivity index (χ3v) is 3.72. The smallest absolute Gasteiger partial charge is 0.178 e. The minimum atomic E-state index is 0.568. The Balaban J connectivity index is 1.72. The molecule has 24 heavy (non-hydrogen) atoms. The van der Waals surface area contributed by atoms with Crippen LogP contribution in [-0.4, -0.2) is 19.9 Å². The summed E-state index contributed by atoms with van der Waals surface area (Å²) in [5.74, 6) is 1.26. The van der Waals surface area contributed by atoms with E-state index in [0.717, 1.165) is 47.7 Å². The van der Waals surface area contributed by atoms with Crippen LogP contribution in [0.3, 0.4) is 0 Å². The Labute approximate surface area is 142 Å². The quantitative estimate of drug-likeness (QED) is 0.780. The lowest BCUT2D eigenvalue weighted by Crippen LogP contribution is -2.01. The van der Waals surface area contributed by atoms with Gasteiger partial charge < -0.3 is 5.73 Å². The number of nitrogen functional groups attached to an aromatic ring is 1. The van der Waals surface area contributed by atoms with E-state index < -0.39 is 0 Å². The van der Waals surface area contributed by atoms with Gasteiger partial charge in [-0.3, -0.25) is 0 Å². The van der Waals surface area contributed by atoms with Crippen molar-refractivity contribution in [3.8, 4) is 11.5 Å². The van der Waals surface area contributed by atoms with Crippen LogP contribution in [0.5, 0.6) is 0 Å². The van der Waals surface area contributed by atoms with Crippen molar-refractivity contribution in [2.45, 2.75) is 33.1 Å². The largest absolute Gasteiger partial charge is 0.384 e. The van der Waals surface area contributed by atoms with Crippen molar-refractivity contribution in [2.75, 3.05) is 5.73 Å². The molecule has 0 spiro atoms. The van der Waals surface area contributed by atoms with Crippen LogP contribution in [0.1, 0.15) is 29.2 Å². The van der Waals surface area contributed by atoms with Gasteiger partial charge in [-0.05, 0) is 63.4 Å². The predicted molar refractivity (Wildman–Crippen MR) is 95.4 cm³/mol. The number of rotatable bonds is 5. The maximum absolute atomic E-state index is 5.72. The molecule has 2 N–H and O–H groups in total. The standard InChI is InChI=1S/C19H21N5/c1-13-6-3-10-17(21-13)19-22-14(2)12-16(24-19)9-4-7-15-8-5-11-18(20)23-15/h3,5-6,8,10-12H,4,7,9H2,1-2H3,(H2,20,23). The molecular weight excluding hydrogens is 298 g/mol. The van der Waals surface area contributed by atoms with Gasteiger partial charge in [-0.25, -0.2) is 19.9 Å². The summed E-state index contributed by atoms with van der Waals surface area (Å²) in [6.45, 7) is 3.96. The molecule has 0 aromatic carbocycles. The van der Waals surface area contributed by atoms with E-state index >= 15 is 0 Å². The first-order valence-corrected chi connectivity index (χ1v) is 8.10. The van der Waals surface area contributed by atoms with Crippen molar-refractivity contribution < 1.29 is 0 Å². The molecule has 0 amide bonds. The van der Waals surface area contributed by atoms with E-state index in [-0.39, 0.29) is 0 Å². The number of nitrogens with zero attached hydrogens (tertiary/aromatic N) is 4. The normalized spacial score (nSPS) is 10.8. The average molecular weight is 319 g/mol. The molecule has 0 fully saturated rings. The fourth-order valence-electron chi connectivity index (χ4n) is 2.63. The SMILES string of the molecule is Cc1cccc(-c2nc(C)cc(CCCc3cccc(N)n3)n2)n1. The number of aryl methyl sites for hydroxylation is 4. The minimum absolute atomic E-state index is 0.568. The maximum atomic E-state index is 5.72. The number of anilines is 1. The van der Waals surface area contributed by atoms with E-state index in [1.54, 1.807) is 6.07 Å². The Morgan fingerprint density at radius 3 is 2.38 bits per heavy atom. The lowest BCUT2D eigenvalue weighted by Gasteiger charge is -2.07. The van der Waals surface area contributed by atoms with Gasteiger partial charge in [-0.2, -0.15) is 0 Å². The van der Waals surface area contributed by atoms with Crippen LogP contribution in [0, 0.1) is 13.8 Å². The van der Waals surface area contributed by atoms with Crippen LogP contribution >= 0.6 is 0 Å². The van der Waals surface area contributed by atoms with E-state index in [4.69, 9.17) is 5.73 Å². The molecule has 122 valence electrons. The van der Waals surface area contributed by atoms with Crippen molar-refractivity contribution >= 4 is 5.82 Å². The molecule has 0 radical (unpaired) electrons. The van der Waals surface area contributed by atoms with Crippen molar-refractivity contribution in [3.63, 3.8) is 0 Å². The van der Waals surface area contributed by atoms with E-state index in [1.165, 1.54) is 0 Å². The Hall–Kier alpha value is -2.82. The van der Waals surface area contributed by atoms with Gasteiger partial charge in [0.05, 0.1) is 0 Å². The molecule has 0 saturated carbocycles. The summed E-state index contributed by atoms with van der Waals surface area (Å²) in [5, 5.41) is 0. The van der Waals surface area contributed by atoms with Gasteiger partial charge in [0.15, 0.2) is 5.82 Å². The topological polar surface area (TPSA) is 77.6 Å². The van der Waals surface area contributed by atoms with Crippen LogP contribution in [0.2, 0.25) is 0 Å². The fraction of sp³-hybridized carbons (Fsp3) is 0.263. The Bertz CT molecular complexity index is 845.